The summed E-state index contributed by atoms with van der Waals surface area (Å²) in [4.78, 5) is 27.8. The minimum Gasteiger partial charge on any atom is -0.478 e. The van der Waals surface area contributed by atoms with Crippen LogP contribution in [0.2, 0.25) is 0 Å². The van der Waals surface area contributed by atoms with Crippen LogP contribution >= 0.6 is 0 Å². The van der Waals surface area contributed by atoms with E-state index < -0.39 is 11.9 Å². The minimum atomic E-state index is -1.01. The predicted octanol–water partition coefficient (Wildman–Crippen LogP) is 3.89. The number of carboxylic acids is 1. The van der Waals surface area contributed by atoms with Crippen LogP contribution < -0.4 is 0 Å². The van der Waals surface area contributed by atoms with Crippen molar-refractivity contribution in [1.82, 2.24) is 4.98 Å². The van der Waals surface area contributed by atoms with Gasteiger partial charge in [-0.05, 0) is 29.8 Å². The Hall–Kier alpha value is -3.47. The molecule has 0 atom stereocenters. The van der Waals surface area contributed by atoms with Gasteiger partial charge in [0.05, 0.1) is 29.4 Å². The number of fused-ring (bicyclic) bond motifs is 1. The van der Waals surface area contributed by atoms with Crippen LogP contribution in [0.25, 0.3) is 23.1 Å². The summed E-state index contributed by atoms with van der Waals surface area (Å²) in [5, 5.41) is 10.0. The first-order valence-corrected chi connectivity index (χ1v) is 7.58. The second-order valence-corrected chi connectivity index (χ2v) is 5.33. The van der Waals surface area contributed by atoms with E-state index in [9.17, 15) is 14.7 Å². The summed E-state index contributed by atoms with van der Waals surface area (Å²) < 4.78 is 4.77. The molecule has 0 aliphatic rings. The number of methoxy groups -OCH3 is 1. The first-order valence-electron chi connectivity index (χ1n) is 7.58. The minimum absolute atomic E-state index is 0.187. The van der Waals surface area contributed by atoms with Crippen molar-refractivity contribution in [3.8, 4) is 0 Å². The molecule has 1 aromatic heterocycles. The average Bonchev–Trinajstić information content (AvgIpc) is 2.65. The summed E-state index contributed by atoms with van der Waals surface area (Å²) in [5.74, 6) is -1.44. The zero-order valence-corrected chi connectivity index (χ0v) is 13.5. The van der Waals surface area contributed by atoms with Gasteiger partial charge in [-0.15, -0.1) is 0 Å². The van der Waals surface area contributed by atoms with Crippen molar-refractivity contribution in [3.05, 3.63) is 77.0 Å². The van der Waals surface area contributed by atoms with Gasteiger partial charge < -0.3 is 9.84 Å². The number of hydrogen-bond acceptors (Lipinski definition) is 4. The van der Waals surface area contributed by atoms with Gasteiger partial charge in [-0.1, -0.05) is 42.5 Å². The number of esters is 1. The molecule has 0 aliphatic carbocycles. The van der Waals surface area contributed by atoms with Crippen molar-refractivity contribution in [2.75, 3.05) is 7.11 Å². The highest BCUT2D eigenvalue weighted by atomic mass is 16.5. The molecular formula is C20H15NO4. The van der Waals surface area contributed by atoms with E-state index in [-0.39, 0.29) is 5.56 Å². The molecule has 0 bridgehead atoms. The predicted molar refractivity (Wildman–Crippen MR) is 95.4 cm³/mol. The number of pyridine rings is 1. The molecule has 3 rings (SSSR count). The lowest BCUT2D eigenvalue weighted by molar-refractivity contribution is 0.0599. The molecule has 0 saturated heterocycles. The summed E-state index contributed by atoms with van der Waals surface area (Å²) in [6.07, 6.45) is 3.40. The number of para-hydroxylation sites is 1. The number of ether oxygens (including phenoxy) is 1. The monoisotopic (exact) mass is 333 g/mol. The first-order chi connectivity index (χ1) is 12.1. The van der Waals surface area contributed by atoms with Gasteiger partial charge in [-0.25, -0.2) is 14.6 Å². The molecule has 0 saturated carbocycles. The van der Waals surface area contributed by atoms with E-state index in [0.29, 0.717) is 27.7 Å². The molecule has 5 heteroatoms. The molecule has 0 unspecified atom stereocenters. The van der Waals surface area contributed by atoms with Crippen LogP contribution in [0.1, 0.15) is 32.0 Å². The Balaban J connectivity index is 2.06. The third-order valence-electron chi connectivity index (χ3n) is 3.77. The molecule has 3 aromatic rings. The van der Waals surface area contributed by atoms with Crippen molar-refractivity contribution in [3.63, 3.8) is 0 Å². The lowest BCUT2D eigenvalue weighted by Gasteiger charge is -2.05. The number of aromatic carboxylic acids is 1. The van der Waals surface area contributed by atoms with E-state index in [0.717, 1.165) is 0 Å². The van der Waals surface area contributed by atoms with E-state index in [1.807, 2.05) is 6.07 Å². The second-order valence-electron chi connectivity index (χ2n) is 5.33. The molecule has 2 aromatic carbocycles. The van der Waals surface area contributed by atoms with Crippen molar-refractivity contribution in [2.24, 2.45) is 0 Å². The van der Waals surface area contributed by atoms with Crippen LogP contribution in [0.5, 0.6) is 0 Å². The van der Waals surface area contributed by atoms with E-state index in [1.165, 1.54) is 13.2 Å². The van der Waals surface area contributed by atoms with Gasteiger partial charge in [0.15, 0.2) is 0 Å². The average molecular weight is 333 g/mol. The Bertz CT molecular complexity index is 992. The van der Waals surface area contributed by atoms with Gasteiger partial charge in [0.2, 0.25) is 0 Å². The van der Waals surface area contributed by atoms with Gasteiger partial charge in [-0.3, -0.25) is 0 Å². The van der Waals surface area contributed by atoms with E-state index in [1.54, 1.807) is 54.6 Å². The summed E-state index contributed by atoms with van der Waals surface area (Å²) in [6.45, 7) is 0. The van der Waals surface area contributed by atoms with Crippen LogP contribution in [-0.2, 0) is 4.74 Å². The summed E-state index contributed by atoms with van der Waals surface area (Å²) >= 11 is 0. The van der Waals surface area contributed by atoms with Crippen molar-refractivity contribution < 1.29 is 19.4 Å². The fourth-order valence-corrected chi connectivity index (χ4v) is 2.57. The van der Waals surface area contributed by atoms with Crippen LogP contribution in [0.4, 0.5) is 0 Å². The number of benzene rings is 2. The SMILES string of the molecule is COC(=O)c1ccccc1/C=C/c1cc(C(=O)O)c2ccccc2n1. The number of rotatable bonds is 4. The summed E-state index contributed by atoms with van der Waals surface area (Å²) in [7, 11) is 1.33. The van der Waals surface area contributed by atoms with Gasteiger partial charge in [0, 0.05) is 5.39 Å². The molecule has 124 valence electrons. The maximum absolute atomic E-state index is 11.8. The van der Waals surface area contributed by atoms with Gasteiger partial charge in [-0.2, -0.15) is 0 Å². The maximum Gasteiger partial charge on any atom is 0.338 e. The van der Waals surface area contributed by atoms with Crippen LogP contribution in [-0.4, -0.2) is 29.1 Å². The van der Waals surface area contributed by atoms with Crippen molar-refractivity contribution in [1.29, 1.82) is 0 Å². The molecule has 1 heterocycles. The Morgan fingerprint density at radius 2 is 1.72 bits per heavy atom. The number of hydrogen-bond donors (Lipinski definition) is 1. The van der Waals surface area contributed by atoms with E-state index in [2.05, 4.69) is 4.98 Å². The lowest BCUT2D eigenvalue weighted by atomic mass is 10.1. The van der Waals surface area contributed by atoms with Gasteiger partial charge in [0.25, 0.3) is 0 Å². The fourth-order valence-electron chi connectivity index (χ4n) is 2.57. The molecule has 0 spiro atoms. The Morgan fingerprint density at radius 3 is 2.48 bits per heavy atom. The van der Waals surface area contributed by atoms with Gasteiger partial charge >= 0.3 is 11.9 Å². The molecule has 0 fully saturated rings. The first kappa shape index (κ1) is 16.4. The number of nitrogens with zero attached hydrogens (tertiary/aromatic N) is 1. The Labute approximate surface area is 144 Å². The van der Waals surface area contributed by atoms with E-state index >= 15 is 0 Å². The number of carboxylic acid groups (broad SMARTS) is 1. The molecule has 0 aliphatic heterocycles. The second kappa shape index (κ2) is 6.97. The number of carbonyl (C=O) groups is 2. The maximum atomic E-state index is 11.8. The number of aromatic nitrogens is 1. The van der Waals surface area contributed by atoms with Crippen molar-refractivity contribution >= 4 is 35.0 Å². The van der Waals surface area contributed by atoms with Crippen LogP contribution in [0, 0.1) is 0 Å². The molecular weight excluding hydrogens is 318 g/mol. The molecule has 0 amide bonds. The Kier molecular flexibility index (Phi) is 4.57. The molecule has 1 N–H and O–H groups in total. The van der Waals surface area contributed by atoms with Gasteiger partial charge in [0.1, 0.15) is 0 Å². The summed E-state index contributed by atoms with van der Waals surface area (Å²) in [6, 6.07) is 15.6. The lowest BCUT2D eigenvalue weighted by Crippen LogP contribution is -2.03. The zero-order valence-electron chi connectivity index (χ0n) is 13.5. The molecule has 0 radical (unpaired) electrons. The highest BCUT2D eigenvalue weighted by Gasteiger charge is 2.11. The quantitative estimate of drug-likeness (QED) is 0.733. The molecule has 25 heavy (non-hydrogen) atoms. The largest absolute Gasteiger partial charge is 0.478 e. The van der Waals surface area contributed by atoms with E-state index in [4.69, 9.17) is 4.74 Å². The highest BCUT2D eigenvalue weighted by molar-refractivity contribution is 6.03. The smallest absolute Gasteiger partial charge is 0.338 e. The normalized spacial score (nSPS) is 10.9. The zero-order chi connectivity index (χ0) is 17.8. The number of carbonyl (C=O) groups excluding carboxylic acids is 1. The standard InChI is InChI=1S/C20H15NO4/c1-25-20(24)15-7-3-2-6-13(15)10-11-14-12-17(19(22)23)16-8-4-5-9-18(16)21-14/h2-12H,1H3,(H,22,23)/b11-10+. The third-order valence-corrected chi connectivity index (χ3v) is 3.77. The molecule has 5 nitrogen and oxygen atoms in total. The fraction of sp³-hybridized carbons (Fsp3) is 0.0500. The topological polar surface area (TPSA) is 76.5 Å². The third kappa shape index (κ3) is 3.40. The Morgan fingerprint density at radius 1 is 1.00 bits per heavy atom. The summed E-state index contributed by atoms with van der Waals surface area (Å²) in [5.41, 5.74) is 2.38. The van der Waals surface area contributed by atoms with Crippen molar-refractivity contribution in [2.45, 2.75) is 0 Å². The van der Waals surface area contributed by atoms with Crippen LogP contribution in [0.15, 0.2) is 54.6 Å². The van der Waals surface area contributed by atoms with Crippen LogP contribution in [0.3, 0.4) is 0 Å². The highest BCUT2D eigenvalue weighted by Crippen LogP contribution is 2.20.